The van der Waals surface area contributed by atoms with Gasteiger partial charge in [0.25, 0.3) is 5.56 Å². The fourth-order valence-corrected chi connectivity index (χ4v) is 1.65. The van der Waals surface area contributed by atoms with Crippen LogP contribution in [0, 0.1) is 12.7 Å². The first-order valence-corrected chi connectivity index (χ1v) is 4.94. The van der Waals surface area contributed by atoms with Crippen LogP contribution in [0.25, 0.3) is 10.9 Å². The van der Waals surface area contributed by atoms with Crippen LogP contribution in [0.3, 0.4) is 0 Å². The van der Waals surface area contributed by atoms with Crippen molar-refractivity contribution in [3.63, 3.8) is 0 Å². The third-order valence-corrected chi connectivity index (χ3v) is 2.58. The lowest BCUT2D eigenvalue weighted by molar-refractivity contribution is 0.620. The number of hydrogen-bond acceptors (Lipinski definition) is 1. The van der Waals surface area contributed by atoms with Crippen molar-refractivity contribution < 1.29 is 4.39 Å². The highest BCUT2D eigenvalue weighted by Crippen LogP contribution is 2.16. The lowest BCUT2D eigenvalue weighted by atomic mass is 10.1. The maximum Gasteiger partial charge on any atom is 0.251 e. The molecule has 0 aliphatic heterocycles. The number of nitrogens with one attached hydrogen (secondary N) is 1. The minimum absolute atomic E-state index is 0.131. The Bertz CT molecular complexity index is 572. The van der Waals surface area contributed by atoms with Gasteiger partial charge in [-0.15, -0.1) is 0 Å². The topological polar surface area (TPSA) is 32.9 Å². The van der Waals surface area contributed by atoms with Crippen molar-refractivity contribution in [3.8, 4) is 0 Å². The molecule has 3 heteroatoms. The number of hydrogen-bond donors (Lipinski definition) is 1. The molecule has 0 radical (unpaired) electrons. The van der Waals surface area contributed by atoms with Crippen LogP contribution in [-0.2, 0) is 6.42 Å². The summed E-state index contributed by atoms with van der Waals surface area (Å²) in [5.41, 5.74) is 1.75. The Hall–Kier alpha value is -1.64. The molecule has 15 heavy (non-hydrogen) atoms. The molecule has 1 N–H and O–H groups in total. The molecule has 0 bridgehead atoms. The molecule has 0 amide bonds. The van der Waals surface area contributed by atoms with Crippen molar-refractivity contribution in [2.45, 2.75) is 20.3 Å². The Morgan fingerprint density at radius 1 is 1.33 bits per heavy atom. The molecule has 0 aliphatic carbocycles. The predicted octanol–water partition coefficient (Wildman–Crippen LogP) is 2.54. The molecule has 0 saturated heterocycles. The van der Waals surface area contributed by atoms with Crippen LogP contribution in [0.5, 0.6) is 0 Å². The summed E-state index contributed by atoms with van der Waals surface area (Å²) in [5, 5.41) is 0.880. The molecule has 0 fully saturated rings. The molecular formula is C12H12FNO. The summed E-state index contributed by atoms with van der Waals surface area (Å²) in [6.45, 7) is 3.64. The SMILES string of the molecule is CCc1cc2cc(C)c(F)cc2[nH]c1=O. The summed E-state index contributed by atoms with van der Waals surface area (Å²) < 4.78 is 13.2. The highest BCUT2D eigenvalue weighted by molar-refractivity contribution is 5.79. The van der Waals surface area contributed by atoms with Gasteiger partial charge >= 0.3 is 0 Å². The average molecular weight is 205 g/mol. The molecule has 0 saturated carbocycles. The van der Waals surface area contributed by atoms with E-state index in [4.69, 9.17) is 0 Å². The summed E-state index contributed by atoms with van der Waals surface area (Å²) in [4.78, 5) is 14.2. The molecule has 1 aromatic carbocycles. The van der Waals surface area contributed by atoms with E-state index in [0.29, 0.717) is 17.5 Å². The Morgan fingerprint density at radius 3 is 2.73 bits per heavy atom. The van der Waals surface area contributed by atoms with E-state index in [1.165, 1.54) is 6.07 Å². The van der Waals surface area contributed by atoms with Crippen molar-refractivity contribution in [1.82, 2.24) is 4.98 Å². The number of halogens is 1. The van der Waals surface area contributed by atoms with E-state index in [0.717, 1.165) is 10.9 Å². The summed E-state index contributed by atoms with van der Waals surface area (Å²) in [5.74, 6) is -0.289. The predicted molar refractivity (Wildman–Crippen MR) is 58.6 cm³/mol. The molecule has 78 valence electrons. The van der Waals surface area contributed by atoms with E-state index in [2.05, 4.69) is 4.98 Å². The van der Waals surface area contributed by atoms with Crippen molar-refractivity contribution >= 4 is 10.9 Å². The molecule has 1 heterocycles. The van der Waals surface area contributed by atoms with E-state index in [1.54, 1.807) is 13.0 Å². The van der Waals surface area contributed by atoms with Gasteiger partial charge in [0.2, 0.25) is 0 Å². The normalized spacial score (nSPS) is 10.9. The zero-order chi connectivity index (χ0) is 11.0. The van der Waals surface area contributed by atoms with Crippen LogP contribution in [0.4, 0.5) is 4.39 Å². The Labute approximate surface area is 86.8 Å². The minimum atomic E-state index is -0.289. The van der Waals surface area contributed by atoms with Crippen LogP contribution in [0.1, 0.15) is 18.1 Å². The summed E-state index contributed by atoms with van der Waals surface area (Å²) in [6, 6.07) is 4.94. The number of fused-ring (bicyclic) bond motifs is 1. The molecule has 1 aromatic heterocycles. The van der Waals surface area contributed by atoms with Crippen LogP contribution >= 0.6 is 0 Å². The summed E-state index contributed by atoms with van der Waals surface area (Å²) in [6.07, 6.45) is 0.682. The first kappa shape index (κ1) is 9.90. The van der Waals surface area contributed by atoms with Crippen molar-refractivity contribution in [2.24, 2.45) is 0 Å². The van der Waals surface area contributed by atoms with Gasteiger partial charge in [-0.3, -0.25) is 4.79 Å². The molecular weight excluding hydrogens is 193 g/mol. The van der Waals surface area contributed by atoms with Crippen molar-refractivity contribution in [3.05, 3.63) is 45.5 Å². The maximum absolute atomic E-state index is 13.2. The number of pyridine rings is 1. The second kappa shape index (κ2) is 3.50. The fraction of sp³-hybridized carbons (Fsp3) is 0.250. The monoisotopic (exact) mass is 205 g/mol. The van der Waals surface area contributed by atoms with E-state index in [-0.39, 0.29) is 11.4 Å². The number of aryl methyl sites for hydroxylation is 2. The lowest BCUT2D eigenvalue weighted by Crippen LogP contribution is -2.11. The quantitative estimate of drug-likeness (QED) is 0.762. The maximum atomic E-state index is 13.2. The van der Waals surface area contributed by atoms with Crippen LogP contribution in [0.2, 0.25) is 0 Å². The van der Waals surface area contributed by atoms with Gasteiger partial charge in [0.05, 0.1) is 5.52 Å². The molecule has 0 unspecified atom stereocenters. The first-order valence-electron chi connectivity index (χ1n) is 4.94. The number of aromatic nitrogens is 1. The molecule has 2 aromatic rings. The summed E-state index contributed by atoms with van der Waals surface area (Å²) >= 11 is 0. The zero-order valence-electron chi connectivity index (χ0n) is 8.73. The fourth-order valence-electron chi connectivity index (χ4n) is 1.65. The first-order chi connectivity index (χ1) is 7.11. The second-order valence-corrected chi connectivity index (χ2v) is 3.67. The van der Waals surface area contributed by atoms with Gasteiger partial charge in [-0.25, -0.2) is 4.39 Å². The average Bonchev–Trinajstić information content (AvgIpc) is 2.20. The van der Waals surface area contributed by atoms with Crippen LogP contribution in [0.15, 0.2) is 23.0 Å². The van der Waals surface area contributed by atoms with Gasteiger partial charge in [0, 0.05) is 5.56 Å². The smallest absolute Gasteiger partial charge is 0.251 e. The van der Waals surface area contributed by atoms with Gasteiger partial charge in [0.1, 0.15) is 5.82 Å². The largest absolute Gasteiger partial charge is 0.322 e. The van der Waals surface area contributed by atoms with Gasteiger partial charge in [0.15, 0.2) is 0 Å². The number of aromatic amines is 1. The Kier molecular flexibility index (Phi) is 2.31. The van der Waals surface area contributed by atoms with E-state index >= 15 is 0 Å². The van der Waals surface area contributed by atoms with Gasteiger partial charge < -0.3 is 4.98 Å². The lowest BCUT2D eigenvalue weighted by Gasteiger charge is -2.03. The molecule has 0 atom stereocenters. The highest BCUT2D eigenvalue weighted by atomic mass is 19.1. The third-order valence-electron chi connectivity index (χ3n) is 2.58. The van der Waals surface area contributed by atoms with Gasteiger partial charge in [-0.2, -0.15) is 0 Å². The number of H-pyrrole nitrogens is 1. The van der Waals surface area contributed by atoms with Crippen molar-refractivity contribution in [2.75, 3.05) is 0 Å². The van der Waals surface area contributed by atoms with E-state index in [1.807, 2.05) is 13.0 Å². The molecule has 2 rings (SSSR count). The second-order valence-electron chi connectivity index (χ2n) is 3.67. The van der Waals surface area contributed by atoms with Crippen molar-refractivity contribution in [1.29, 1.82) is 0 Å². The Balaban J connectivity index is 2.82. The zero-order valence-corrected chi connectivity index (χ0v) is 8.73. The van der Waals surface area contributed by atoms with Gasteiger partial charge in [-0.1, -0.05) is 6.92 Å². The number of rotatable bonds is 1. The van der Waals surface area contributed by atoms with E-state index < -0.39 is 0 Å². The van der Waals surface area contributed by atoms with E-state index in [9.17, 15) is 9.18 Å². The summed E-state index contributed by atoms with van der Waals surface area (Å²) in [7, 11) is 0. The standard InChI is InChI=1S/C12H12FNO/c1-3-8-5-9-4-7(2)10(13)6-11(9)14-12(8)15/h4-6H,3H2,1-2H3,(H,14,15). The minimum Gasteiger partial charge on any atom is -0.322 e. The Morgan fingerprint density at radius 2 is 2.07 bits per heavy atom. The highest BCUT2D eigenvalue weighted by Gasteiger charge is 2.04. The van der Waals surface area contributed by atoms with Crippen LogP contribution in [-0.4, -0.2) is 4.98 Å². The molecule has 0 spiro atoms. The van der Waals surface area contributed by atoms with Crippen LogP contribution < -0.4 is 5.56 Å². The molecule has 2 nitrogen and oxygen atoms in total. The van der Waals surface area contributed by atoms with Gasteiger partial charge in [-0.05, 0) is 42.5 Å². The molecule has 0 aliphatic rings. The number of benzene rings is 1. The third kappa shape index (κ3) is 1.65.